The zero-order valence-corrected chi connectivity index (χ0v) is 34.1. The molecule has 4 aromatic carbocycles. The number of aliphatic hydroxyl groups is 2. The number of hydrogen-bond acceptors (Lipinski definition) is 15. The van der Waals surface area contributed by atoms with E-state index in [0.717, 1.165) is 44.5 Å². The van der Waals surface area contributed by atoms with Gasteiger partial charge in [0.1, 0.15) is 30.2 Å². The third-order valence-corrected chi connectivity index (χ3v) is 16.4. The molecular formula is C38H36N5O12P3S. The van der Waals surface area contributed by atoms with Gasteiger partial charge in [0, 0.05) is 11.8 Å². The van der Waals surface area contributed by atoms with Crippen LogP contribution in [0, 0.1) is 0 Å². The Hall–Kier alpha value is -4.06. The molecule has 0 radical (unpaired) electrons. The maximum atomic E-state index is 13.6. The molecular weight excluding hydrogens is 843 g/mol. The summed E-state index contributed by atoms with van der Waals surface area (Å²) in [6.45, 7) is -5.47. The average Bonchev–Trinajstić information content (AvgIpc) is 3.95. The first kappa shape index (κ1) is 40.4. The molecule has 0 spiro atoms. The van der Waals surface area contributed by atoms with Crippen LogP contribution >= 0.6 is 22.4 Å². The Bertz CT molecular complexity index is 2530. The van der Waals surface area contributed by atoms with Crippen molar-refractivity contribution in [3.8, 4) is 22.3 Å². The van der Waals surface area contributed by atoms with Crippen molar-refractivity contribution in [3.05, 3.63) is 132 Å². The molecule has 59 heavy (non-hydrogen) atoms. The summed E-state index contributed by atoms with van der Waals surface area (Å²) < 4.78 is 61.5. The molecule has 2 aliphatic carbocycles. The minimum atomic E-state index is -5.63. The Morgan fingerprint density at radius 3 is 1.66 bits per heavy atom. The van der Waals surface area contributed by atoms with Crippen molar-refractivity contribution < 1.29 is 56.1 Å². The van der Waals surface area contributed by atoms with Crippen molar-refractivity contribution >= 4 is 51.2 Å². The molecule has 6 aromatic rings. The second-order valence-electron chi connectivity index (χ2n) is 14.0. The number of rotatable bonds is 14. The highest BCUT2D eigenvalue weighted by molar-refractivity contribution is 8.09. The summed E-state index contributed by atoms with van der Waals surface area (Å²) in [4.78, 5) is 33.8. The molecule has 6 N–H and O–H groups in total. The number of hydrogen-bond donors (Lipinski definition) is 5. The summed E-state index contributed by atoms with van der Waals surface area (Å²) in [5.74, 6) is -0.656. The summed E-state index contributed by atoms with van der Waals surface area (Å²) >= 11 is 5.79. The molecule has 0 saturated carbocycles. The summed E-state index contributed by atoms with van der Waals surface area (Å²) in [5.41, 5.74) is 14.0. The number of aliphatic hydroxyl groups excluding tert-OH is 2. The van der Waals surface area contributed by atoms with Gasteiger partial charge in [-0.15, -0.1) is 0 Å². The number of nitrogen functional groups attached to an aromatic ring is 1. The molecule has 3 heterocycles. The number of fused-ring (bicyclic) bond motifs is 7. The van der Waals surface area contributed by atoms with Crippen LogP contribution in [0.2, 0.25) is 0 Å². The van der Waals surface area contributed by atoms with Gasteiger partial charge in [-0.25, -0.2) is 28.4 Å². The Kier molecular flexibility index (Phi) is 10.8. The molecule has 6 atom stereocenters. The molecule has 6 unspecified atom stereocenters. The molecule has 9 rings (SSSR count). The minimum Gasteiger partial charge on any atom is -0.387 e. The molecule has 2 aromatic heterocycles. The zero-order valence-electron chi connectivity index (χ0n) is 30.6. The highest BCUT2D eigenvalue weighted by Gasteiger charge is 2.47. The Morgan fingerprint density at radius 1 is 0.661 bits per heavy atom. The van der Waals surface area contributed by atoms with Crippen LogP contribution in [0.1, 0.15) is 40.3 Å². The molecule has 306 valence electrons. The quantitative estimate of drug-likeness (QED) is 0.0770. The van der Waals surface area contributed by atoms with Crippen molar-refractivity contribution in [3.63, 3.8) is 0 Å². The first-order chi connectivity index (χ1) is 28.3. The Labute approximate surface area is 341 Å². The van der Waals surface area contributed by atoms with Crippen molar-refractivity contribution in [1.82, 2.24) is 19.5 Å². The first-order valence-corrected chi connectivity index (χ1v) is 23.8. The van der Waals surface area contributed by atoms with Crippen LogP contribution < -0.4 is 5.73 Å². The smallest absolute Gasteiger partial charge is 0.387 e. The van der Waals surface area contributed by atoms with Gasteiger partial charge in [0.25, 0.3) is 0 Å². The Morgan fingerprint density at radius 2 is 1.15 bits per heavy atom. The van der Waals surface area contributed by atoms with Gasteiger partial charge in [0.2, 0.25) is 0 Å². The standard InChI is InChI=1S/C38H36N5O12P3S/c39-36-33-37(41-20-40-36)43(21-42-33)38-35(45)34(44)32(53-38)19-50-56(46,47)54-57(48,49)55-58(59,51-17-30-26-13-5-1-9-22(26)23-10-2-6-14-27(23)30)52-18-31-28-15-7-3-11-24(28)25-12-4-8-16-29(25)31/h1-16,20-21,30-32,34-35,38,44-45H,17-19H2,(H,46,47)(H,48,49)(H2,39,40,41). The van der Waals surface area contributed by atoms with Gasteiger partial charge >= 0.3 is 22.4 Å². The highest BCUT2D eigenvalue weighted by Crippen LogP contribution is 2.70. The lowest BCUT2D eigenvalue weighted by Crippen LogP contribution is -2.33. The molecule has 1 aliphatic heterocycles. The third kappa shape index (κ3) is 7.76. The number of imidazole rings is 1. The first-order valence-electron chi connectivity index (χ1n) is 18.2. The van der Waals surface area contributed by atoms with E-state index in [4.69, 9.17) is 44.5 Å². The zero-order chi connectivity index (χ0) is 41.1. The number of phosphoric ester groups is 1. The molecule has 1 saturated heterocycles. The number of benzene rings is 4. The molecule has 21 heteroatoms. The van der Waals surface area contributed by atoms with Crippen molar-refractivity contribution in [2.24, 2.45) is 0 Å². The van der Waals surface area contributed by atoms with E-state index in [1.165, 1.54) is 17.2 Å². The highest BCUT2D eigenvalue weighted by atomic mass is 32.5. The fourth-order valence-electron chi connectivity index (χ4n) is 7.91. The third-order valence-electron chi connectivity index (χ3n) is 10.5. The maximum Gasteiger partial charge on any atom is 0.488 e. The lowest BCUT2D eigenvalue weighted by atomic mass is 9.98. The fraction of sp³-hybridized carbons (Fsp3) is 0.237. The van der Waals surface area contributed by atoms with Crippen LogP contribution in [0.5, 0.6) is 0 Å². The van der Waals surface area contributed by atoms with Crippen LogP contribution in [0.25, 0.3) is 33.4 Å². The Balaban J connectivity index is 0.928. The van der Waals surface area contributed by atoms with Crippen LogP contribution in [-0.4, -0.2) is 77.7 Å². The fourth-order valence-corrected chi connectivity index (χ4v) is 13.1. The topological polar surface area (TPSA) is 240 Å². The lowest BCUT2D eigenvalue weighted by Gasteiger charge is -2.27. The van der Waals surface area contributed by atoms with E-state index in [0.29, 0.717) is 0 Å². The van der Waals surface area contributed by atoms with Gasteiger partial charge in [0.05, 0.1) is 26.1 Å². The van der Waals surface area contributed by atoms with Crippen molar-refractivity contribution in [1.29, 1.82) is 0 Å². The second kappa shape index (κ2) is 15.8. The van der Waals surface area contributed by atoms with Gasteiger partial charge in [-0.05, 0) is 56.3 Å². The van der Waals surface area contributed by atoms with Crippen molar-refractivity contribution in [2.75, 3.05) is 25.6 Å². The van der Waals surface area contributed by atoms with Gasteiger partial charge in [-0.1, -0.05) is 97.1 Å². The van der Waals surface area contributed by atoms with Gasteiger partial charge < -0.3 is 39.5 Å². The van der Waals surface area contributed by atoms with E-state index in [-0.39, 0.29) is 42.0 Å². The predicted molar refractivity (Wildman–Crippen MR) is 217 cm³/mol. The molecule has 3 aliphatic rings. The number of ether oxygens (including phenoxy) is 1. The molecule has 1 fully saturated rings. The van der Waals surface area contributed by atoms with E-state index < -0.39 is 53.5 Å². The summed E-state index contributed by atoms with van der Waals surface area (Å²) in [5, 5.41) is 21.5. The minimum absolute atomic E-state index is 0.0698. The monoisotopic (exact) mass is 879 g/mol. The summed E-state index contributed by atoms with van der Waals surface area (Å²) in [6, 6.07) is 31.0. The van der Waals surface area contributed by atoms with E-state index in [1.807, 2.05) is 97.1 Å². The number of aromatic nitrogens is 4. The summed E-state index contributed by atoms with van der Waals surface area (Å²) in [7, 11) is -11.1. The molecule has 0 bridgehead atoms. The van der Waals surface area contributed by atoms with Crippen LogP contribution in [-0.2, 0) is 47.9 Å². The number of anilines is 1. The number of nitrogens with two attached hydrogens (primary N) is 1. The van der Waals surface area contributed by atoms with Crippen LogP contribution in [0.4, 0.5) is 5.82 Å². The van der Waals surface area contributed by atoms with Gasteiger partial charge in [-0.3, -0.25) is 9.09 Å². The van der Waals surface area contributed by atoms with E-state index in [2.05, 4.69) is 15.0 Å². The number of nitrogens with zero attached hydrogens (tertiary/aromatic N) is 4. The normalized spacial score (nSPS) is 22.1. The van der Waals surface area contributed by atoms with Crippen LogP contribution in [0.15, 0.2) is 110 Å². The van der Waals surface area contributed by atoms with Crippen LogP contribution in [0.3, 0.4) is 0 Å². The predicted octanol–water partition coefficient (Wildman–Crippen LogP) is 6.16. The number of phosphoric acid groups is 2. The maximum absolute atomic E-state index is 13.6. The molecule has 0 amide bonds. The van der Waals surface area contributed by atoms with E-state index in [1.54, 1.807) is 0 Å². The van der Waals surface area contributed by atoms with Crippen molar-refractivity contribution in [2.45, 2.75) is 36.4 Å². The SMILES string of the molecule is Nc1ncnc2c1ncn2C1OC(COP(=O)(O)OP(=O)(O)OP(=S)(OCC2c3ccccc3-c3ccccc32)OCC2c3ccccc3-c3ccccc32)C(O)C1O. The van der Waals surface area contributed by atoms with E-state index in [9.17, 15) is 29.1 Å². The summed E-state index contributed by atoms with van der Waals surface area (Å²) in [6.07, 6.45) is -3.50. The largest absolute Gasteiger partial charge is 0.488 e. The average molecular weight is 880 g/mol. The second-order valence-corrected chi connectivity index (χ2v) is 20.2. The van der Waals surface area contributed by atoms with Gasteiger partial charge in [-0.2, -0.15) is 4.31 Å². The van der Waals surface area contributed by atoms with Gasteiger partial charge in [0.15, 0.2) is 17.7 Å². The molecule has 17 nitrogen and oxygen atoms in total. The lowest BCUT2D eigenvalue weighted by molar-refractivity contribution is -0.0503. The van der Waals surface area contributed by atoms with E-state index >= 15 is 0 Å².